The van der Waals surface area contributed by atoms with Gasteiger partial charge in [-0.1, -0.05) is 23.2 Å². The van der Waals surface area contributed by atoms with Crippen molar-refractivity contribution in [3.63, 3.8) is 0 Å². The minimum Gasteiger partial charge on any atom is -0.508 e. The van der Waals surface area contributed by atoms with E-state index in [0.717, 1.165) is 5.39 Å². The van der Waals surface area contributed by atoms with Gasteiger partial charge in [-0.25, -0.2) is 9.48 Å². The number of nitrogens with zero attached hydrogens (tertiary/aromatic N) is 2. The van der Waals surface area contributed by atoms with Crippen molar-refractivity contribution < 1.29 is 19.5 Å². The first kappa shape index (κ1) is 18.4. The van der Waals surface area contributed by atoms with E-state index < -0.39 is 18.2 Å². The molecule has 0 bridgehead atoms. The van der Waals surface area contributed by atoms with Crippen molar-refractivity contribution in [1.82, 2.24) is 20.6 Å². The van der Waals surface area contributed by atoms with Crippen LogP contribution in [-0.2, 0) is 9.63 Å². The molecule has 0 aliphatic carbocycles. The van der Waals surface area contributed by atoms with Gasteiger partial charge in [0.25, 0.3) is 5.91 Å². The molecule has 0 saturated carbocycles. The molecule has 1 fully saturated rings. The fourth-order valence-corrected chi connectivity index (χ4v) is 3.52. The second-order valence-electron chi connectivity index (χ2n) is 6.06. The summed E-state index contributed by atoms with van der Waals surface area (Å²) in [4.78, 5) is 27.6. The van der Waals surface area contributed by atoms with E-state index in [0.29, 0.717) is 22.5 Å². The van der Waals surface area contributed by atoms with Gasteiger partial charge in [0.05, 0.1) is 21.8 Å². The Hall–Kier alpha value is -3.01. The van der Waals surface area contributed by atoms with Gasteiger partial charge in [-0.3, -0.25) is 10.1 Å². The molecule has 0 spiro atoms. The largest absolute Gasteiger partial charge is 0.508 e. The van der Waals surface area contributed by atoms with E-state index in [1.165, 1.54) is 12.1 Å². The van der Waals surface area contributed by atoms with Crippen LogP contribution in [0.25, 0.3) is 16.6 Å². The van der Waals surface area contributed by atoms with Gasteiger partial charge in [0.15, 0.2) is 6.17 Å². The lowest BCUT2D eigenvalue weighted by molar-refractivity contribution is -0.119. The molecule has 2 amide bonds. The monoisotopic (exact) mass is 421 g/mol. The molecular weight excluding hydrogens is 409 g/mol. The van der Waals surface area contributed by atoms with Crippen LogP contribution >= 0.6 is 23.2 Å². The second kappa shape index (κ2) is 6.86. The predicted octanol–water partition coefficient (Wildman–Crippen LogP) is 2.86. The molecule has 4 rings (SSSR count). The molecule has 1 aliphatic heterocycles. The van der Waals surface area contributed by atoms with Gasteiger partial charge < -0.3 is 15.3 Å². The van der Waals surface area contributed by atoms with E-state index in [1.807, 2.05) is 0 Å². The molecule has 2 aromatic carbocycles. The molecule has 2 heterocycles. The van der Waals surface area contributed by atoms with Gasteiger partial charge in [-0.05, 0) is 31.2 Å². The summed E-state index contributed by atoms with van der Waals surface area (Å²) in [7, 11) is 0. The second-order valence-corrected chi connectivity index (χ2v) is 6.88. The minimum absolute atomic E-state index is 0.166. The maximum Gasteiger partial charge on any atom is 0.427 e. The minimum atomic E-state index is -1.03. The third kappa shape index (κ3) is 3.09. The average Bonchev–Trinajstić information content (AvgIpc) is 3.25. The molecular formula is C17H13Cl2N5O4. The van der Waals surface area contributed by atoms with Crippen molar-refractivity contribution in [3.05, 3.63) is 46.1 Å². The summed E-state index contributed by atoms with van der Waals surface area (Å²) in [5.74, 6) is -0.389. The summed E-state index contributed by atoms with van der Waals surface area (Å²) in [6, 6.07) is 6.30. The number of aromatic nitrogens is 2. The van der Waals surface area contributed by atoms with Crippen molar-refractivity contribution in [2.45, 2.75) is 13.1 Å². The number of amides is 2. The Bertz CT molecular complexity index is 1110. The lowest BCUT2D eigenvalue weighted by atomic mass is 10.1. The number of fused-ring (bicyclic) bond motifs is 1. The maximum absolute atomic E-state index is 12.1. The number of hydrogen-bond donors (Lipinski definition) is 4. The summed E-state index contributed by atoms with van der Waals surface area (Å²) in [5, 5.41) is 20.3. The number of benzene rings is 2. The highest BCUT2D eigenvalue weighted by molar-refractivity contribution is 6.38. The molecule has 1 aliphatic rings. The summed E-state index contributed by atoms with van der Waals surface area (Å²) in [6.45, 7) is 1.78. The Morgan fingerprint density at radius 2 is 2.04 bits per heavy atom. The quantitative estimate of drug-likeness (QED) is 0.516. The standard InChI is InChI=1S/C17H13Cl2N5O4/c1-7-9-6-20-24(12(9)2-3-13(7)25)14-10(18)4-8(5-11(14)19)21-16(26)15-22-17(27)28-23-15/h2-6,15,23,25H,1H3,(H,21,26)(H,22,27). The lowest BCUT2D eigenvalue weighted by Gasteiger charge is -2.13. The van der Waals surface area contributed by atoms with E-state index in [2.05, 4.69) is 26.0 Å². The average molecular weight is 422 g/mol. The summed E-state index contributed by atoms with van der Waals surface area (Å²) in [5.41, 5.74) is 4.41. The van der Waals surface area contributed by atoms with Crippen molar-refractivity contribution in [1.29, 1.82) is 0 Å². The van der Waals surface area contributed by atoms with Crippen LogP contribution in [0.15, 0.2) is 30.5 Å². The molecule has 4 N–H and O–H groups in total. The first-order chi connectivity index (χ1) is 13.3. The maximum atomic E-state index is 12.1. The summed E-state index contributed by atoms with van der Waals surface area (Å²) < 4.78 is 1.56. The number of rotatable bonds is 3. The van der Waals surface area contributed by atoms with E-state index >= 15 is 0 Å². The molecule has 9 nitrogen and oxygen atoms in total. The zero-order chi connectivity index (χ0) is 20.0. The van der Waals surface area contributed by atoms with Crippen LogP contribution in [0.2, 0.25) is 10.0 Å². The van der Waals surface area contributed by atoms with E-state index in [9.17, 15) is 14.7 Å². The number of phenolic OH excluding ortho intramolecular Hbond substituents is 1. The Morgan fingerprint density at radius 3 is 2.68 bits per heavy atom. The zero-order valence-electron chi connectivity index (χ0n) is 14.3. The Labute approximate surface area is 168 Å². The van der Waals surface area contributed by atoms with Crippen LogP contribution in [0.4, 0.5) is 10.5 Å². The summed E-state index contributed by atoms with van der Waals surface area (Å²) in [6.07, 6.45) is -0.171. The third-order valence-electron chi connectivity index (χ3n) is 4.28. The molecule has 1 unspecified atom stereocenters. The molecule has 28 heavy (non-hydrogen) atoms. The number of hydroxylamine groups is 1. The fraction of sp³-hybridized carbons (Fsp3) is 0.118. The third-order valence-corrected chi connectivity index (χ3v) is 4.86. The number of halogens is 2. The molecule has 11 heteroatoms. The van der Waals surface area contributed by atoms with Gasteiger partial charge in [0.1, 0.15) is 11.4 Å². The fourth-order valence-electron chi connectivity index (χ4n) is 2.87. The topological polar surface area (TPSA) is 118 Å². The van der Waals surface area contributed by atoms with Gasteiger partial charge in [-0.2, -0.15) is 5.10 Å². The highest BCUT2D eigenvalue weighted by Gasteiger charge is 2.29. The van der Waals surface area contributed by atoms with Crippen LogP contribution < -0.4 is 16.1 Å². The Balaban J connectivity index is 1.68. The van der Waals surface area contributed by atoms with Crippen molar-refractivity contribution in [3.8, 4) is 11.4 Å². The predicted molar refractivity (Wildman–Crippen MR) is 103 cm³/mol. The highest BCUT2D eigenvalue weighted by Crippen LogP contribution is 2.35. The highest BCUT2D eigenvalue weighted by atomic mass is 35.5. The van der Waals surface area contributed by atoms with Gasteiger partial charge >= 0.3 is 6.09 Å². The molecule has 3 aromatic rings. The van der Waals surface area contributed by atoms with Crippen LogP contribution in [0, 0.1) is 6.92 Å². The van der Waals surface area contributed by atoms with Crippen molar-refractivity contribution in [2.75, 3.05) is 5.32 Å². The van der Waals surface area contributed by atoms with Gasteiger partial charge in [-0.15, -0.1) is 5.48 Å². The van der Waals surface area contributed by atoms with Crippen LogP contribution in [-0.4, -0.2) is 33.1 Å². The normalized spacial score (nSPS) is 16.1. The van der Waals surface area contributed by atoms with E-state index in [4.69, 9.17) is 23.2 Å². The first-order valence-corrected chi connectivity index (χ1v) is 8.80. The van der Waals surface area contributed by atoms with Crippen LogP contribution in [0.3, 0.4) is 0 Å². The molecule has 0 radical (unpaired) electrons. The zero-order valence-corrected chi connectivity index (χ0v) is 15.8. The SMILES string of the molecule is Cc1c(O)ccc2c1cnn2-c1c(Cl)cc(NC(=O)C2NOC(=O)N2)cc1Cl. The van der Waals surface area contributed by atoms with Crippen molar-refractivity contribution in [2.24, 2.45) is 0 Å². The van der Waals surface area contributed by atoms with E-state index in [1.54, 1.807) is 29.9 Å². The smallest absolute Gasteiger partial charge is 0.427 e. The number of aromatic hydroxyl groups is 1. The first-order valence-electron chi connectivity index (χ1n) is 8.04. The Kier molecular flexibility index (Phi) is 4.50. The Morgan fingerprint density at radius 1 is 1.32 bits per heavy atom. The van der Waals surface area contributed by atoms with Gasteiger partial charge in [0, 0.05) is 16.6 Å². The molecule has 1 atom stereocenters. The molecule has 1 saturated heterocycles. The van der Waals surface area contributed by atoms with Crippen LogP contribution in [0.5, 0.6) is 5.75 Å². The van der Waals surface area contributed by atoms with Crippen molar-refractivity contribution >= 4 is 51.8 Å². The lowest BCUT2D eigenvalue weighted by Crippen LogP contribution is -2.43. The number of carbonyl (C=O) groups excluding carboxylic acids is 2. The number of hydrogen-bond acceptors (Lipinski definition) is 6. The summed E-state index contributed by atoms with van der Waals surface area (Å²) >= 11 is 12.8. The number of anilines is 1. The molecule has 1 aromatic heterocycles. The van der Waals surface area contributed by atoms with E-state index in [-0.39, 0.29) is 15.8 Å². The van der Waals surface area contributed by atoms with Crippen LogP contribution in [0.1, 0.15) is 5.56 Å². The number of phenols is 1. The number of aryl methyl sites for hydroxylation is 1. The molecule has 144 valence electrons. The number of nitrogens with one attached hydrogen (secondary N) is 3. The number of carbonyl (C=O) groups is 2. The van der Waals surface area contributed by atoms with Gasteiger partial charge in [0.2, 0.25) is 0 Å².